The Balaban J connectivity index is 1.39. The van der Waals surface area contributed by atoms with Crippen molar-refractivity contribution in [2.24, 2.45) is 11.8 Å². The molecule has 3 aliphatic heterocycles. The molecule has 3 heterocycles. The van der Waals surface area contributed by atoms with E-state index in [0.717, 1.165) is 25.9 Å². The van der Waals surface area contributed by atoms with Gasteiger partial charge in [-0.3, -0.25) is 9.59 Å². The molecule has 1 saturated carbocycles. The Morgan fingerprint density at radius 2 is 2.29 bits per heavy atom. The number of likely N-dealkylation sites (tertiary alicyclic amines) is 1. The molecule has 0 spiro atoms. The van der Waals surface area contributed by atoms with Gasteiger partial charge in [-0.2, -0.15) is 0 Å². The average Bonchev–Trinajstić information content (AvgIpc) is 2.97. The van der Waals surface area contributed by atoms with Gasteiger partial charge in [0.15, 0.2) is 0 Å². The van der Waals surface area contributed by atoms with Crippen LogP contribution in [0.15, 0.2) is 0 Å². The van der Waals surface area contributed by atoms with E-state index in [2.05, 4.69) is 10.6 Å². The first-order valence-electron chi connectivity index (χ1n) is 8.37. The summed E-state index contributed by atoms with van der Waals surface area (Å²) < 4.78 is 10.4. The van der Waals surface area contributed by atoms with Crippen LogP contribution < -0.4 is 10.6 Å². The van der Waals surface area contributed by atoms with E-state index in [1.807, 2.05) is 0 Å². The molecule has 5 atom stereocenters. The van der Waals surface area contributed by atoms with Gasteiger partial charge >= 0.3 is 19.1 Å². The smallest absolute Gasteiger partial charge is 0.506 e. The number of nitrogens with zero attached hydrogens (tertiary/aromatic N) is 1. The molecule has 9 nitrogen and oxygen atoms in total. The summed E-state index contributed by atoms with van der Waals surface area (Å²) in [6.07, 6.45) is 0.363. The lowest BCUT2D eigenvalue weighted by molar-refractivity contribution is -0.152. The second-order valence-electron chi connectivity index (χ2n) is 6.93. The molecule has 3 unspecified atom stereocenters. The van der Waals surface area contributed by atoms with Gasteiger partial charge in [0.2, 0.25) is 12.0 Å². The molecule has 0 bridgehead atoms. The van der Waals surface area contributed by atoms with Gasteiger partial charge in [0.1, 0.15) is 0 Å². The minimum Gasteiger partial charge on any atom is -0.506 e. The summed E-state index contributed by atoms with van der Waals surface area (Å²) in [7, 11) is -0.979. The van der Waals surface area contributed by atoms with Crippen molar-refractivity contribution in [3.8, 4) is 0 Å². The molecule has 0 aromatic rings. The third-order valence-corrected chi connectivity index (χ3v) is 5.35. The molecule has 4 fully saturated rings. The van der Waals surface area contributed by atoms with Gasteiger partial charge < -0.3 is 29.9 Å². The van der Waals surface area contributed by atoms with Gasteiger partial charge in [0, 0.05) is 19.1 Å². The van der Waals surface area contributed by atoms with Crippen LogP contribution in [-0.4, -0.2) is 79.2 Å². The third-order valence-electron chi connectivity index (χ3n) is 5.35. The Hall–Kier alpha value is -1.65. The number of carbonyl (C=O) groups excluding carboxylic acids is 2. The maximum atomic E-state index is 12.6. The van der Waals surface area contributed by atoms with Gasteiger partial charge in [-0.15, -0.1) is 0 Å². The van der Waals surface area contributed by atoms with Crippen molar-refractivity contribution < 1.29 is 28.8 Å². The Labute approximate surface area is 139 Å². The molecule has 3 saturated heterocycles. The van der Waals surface area contributed by atoms with Crippen LogP contribution in [-0.2, 0) is 23.7 Å². The van der Waals surface area contributed by atoms with Crippen molar-refractivity contribution in [1.82, 2.24) is 15.5 Å². The largest absolute Gasteiger partial charge is 0.553 e. The average molecular weight is 337 g/mol. The second-order valence-corrected chi connectivity index (χ2v) is 6.93. The third kappa shape index (κ3) is 2.78. The summed E-state index contributed by atoms with van der Waals surface area (Å²) in [6.45, 7) is 2.65. The summed E-state index contributed by atoms with van der Waals surface area (Å²) in [5, 5.41) is 15.5. The highest BCUT2D eigenvalue weighted by Crippen LogP contribution is 2.51. The summed E-state index contributed by atoms with van der Waals surface area (Å²) in [5.74, 6) is -2.05. The van der Waals surface area contributed by atoms with Crippen molar-refractivity contribution in [3.05, 3.63) is 0 Å². The van der Waals surface area contributed by atoms with Crippen LogP contribution in [0, 0.1) is 11.8 Å². The van der Waals surface area contributed by atoms with E-state index in [4.69, 9.17) is 14.4 Å². The van der Waals surface area contributed by atoms with Gasteiger partial charge in [0.25, 0.3) is 0 Å². The monoisotopic (exact) mass is 337 g/mol. The van der Waals surface area contributed by atoms with Crippen LogP contribution in [0.2, 0.25) is 0 Å². The number of aliphatic carboxylic acids is 1. The Morgan fingerprint density at radius 3 is 2.96 bits per heavy atom. The highest BCUT2D eigenvalue weighted by Gasteiger charge is 2.63. The number of nitrogens with one attached hydrogen (secondary N) is 2. The van der Waals surface area contributed by atoms with Crippen molar-refractivity contribution in [1.29, 1.82) is 0 Å². The summed E-state index contributed by atoms with van der Waals surface area (Å²) in [4.78, 5) is 36.9. The van der Waals surface area contributed by atoms with Gasteiger partial charge in [-0.25, -0.2) is 4.79 Å². The predicted octanol–water partition coefficient (Wildman–Crippen LogP) is -2.16. The van der Waals surface area contributed by atoms with Gasteiger partial charge in [0.05, 0.1) is 12.5 Å². The molecule has 4 rings (SSSR count). The number of carboxylic acid groups (broad SMARTS) is 1. The van der Waals surface area contributed by atoms with Crippen LogP contribution >= 0.6 is 0 Å². The maximum Gasteiger partial charge on any atom is 0.553 e. The van der Waals surface area contributed by atoms with E-state index in [-0.39, 0.29) is 24.3 Å². The van der Waals surface area contributed by atoms with Crippen LogP contribution in [0.5, 0.6) is 0 Å². The number of carbonyl (C=O) groups is 3. The SMILES string of the molecule is O=C(O)C1OB([C@@H]2C3CC3CN2C(=O)CN[C@@H]2CCNC2)OC1=O. The Bertz CT molecular complexity index is 569. The Morgan fingerprint density at radius 1 is 1.46 bits per heavy atom. The van der Waals surface area contributed by atoms with E-state index < -0.39 is 25.2 Å². The highest BCUT2D eigenvalue weighted by atomic mass is 16.7. The molecule has 1 amide bonds. The normalized spacial score (nSPS) is 37.5. The first-order valence-corrected chi connectivity index (χ1v) is 8.37. The quantitative estimate of drug-likeness (QED) is 0.384. The standard InChI is InChI=1S/C14H20BN3O6/c19-10(5-17-8-1-2-16-4-8)18-6-7-3-9(7)12(18)15-23-11(13(20)21)14(22)24-15/h7-9,11-12,16-17H,1-6H2,(H,20,21)/t7?,8-,9?,11?,12+/m1/s1. The van der Waals surface area contributed by atoms with E-state index in [1.54, 1.807) is 4.90 Å². The minimum absolute atomic E-state index is 0.0578. The molecule has 0 aromatic carbocycles. The number of amides is 1. The number of carboxylic acids is 1. The van der Waals surface area contributed by atoms with Gasteiger partial charge in [-0.1, -0.05) is 0 Å². The number of piperidine rings is 1. The van der Waals surface area contributed by atoms with Crippen LogP contribution in [0.1, 0.15) is 12.8 Å². The summed E-state index contributed by atoms with van der Waals surface area (Å²) >= 11 is 0. The van der Waals surface area contributed by atoms with Crippen molar-refractivity contribution in [2.45, 2.75) is 30.9 Å². The molecule has 1 aliphatic carbocycles. The number of hydrogen-bond donors (Lipinski definition) is 3. The van der Waals surface area contributed by atoms with Crippen LogP contribution in [0.3, 0.4) is 0 Å². The van der Waals surface area contributed by atoms with Crippen molar-refractivity contribution in [2.75, 3.05) is 26.2 Å². The van der Waals surface area contributed by atoms with E-state index in [1.165, 1.54) is 0 Å². The molecular formula is C14H20BN3O6. The maximum absolute atomic E-state index is 12.6. The molecule has 24 heavy (non-hydrogen) atoms. The molecular weight excluding hydrogens is 317 g/mol. The fraction of sp³-hybridized carbons (Fsp3) is 0.786. The molecule has 130 valence electrons. The molecule has 0 radical (unpaired) electrons. The zero-order chi connectivity index (χ0) is 16.8. The molecule has 0 aromatic heterocycles. The van der Waals surface area contributed by atoms with Crippen molar-refractivity contribution >= 4 is 25.0 Å². The summed E-state index contributed by atoms with van der Waals surface area (Å²) in [6, 6.07) is 0.293. The molecule has 10 heteroatoms. The van der Waals surface area contributed by atoms with Crippen molar-refractivity contribution in [3.63, 3.8) is 0 Å². The molecule has 4 aliphatic rings. The first kappa shape index (κ1) is 15.9. The zero-order valence-electron chi connectivity index (χ0n) is 13.1. The lowest BCUT2D eigenvalue weighted by Gasteiger charge is -2.28. The van der Waals surface area contributed by atoms with E-state index >= 15 is 0 Å². The summed E-state index contributed by atoms with van der Waals surface area (Å²) in [5.41, 5.74) is 0. The zero-order valence-corrected chi connectivity index (χ0v) is 13.1. The van der Waals surface area contributed by atoms with Crippen LogP contribution in [0.4, 0.5) is 0 Å². The lowest BCUT2D eigenvalue weighted by atomic mass is 9.75. The van der Waals surface area contributed by atoms with E-state index in [0.29, 0.717) is 18.5 Å². The predicted molar refractivity (Wildman–Crippen MR) is 80.7 cm³/mol. The number of hydrogen-bond acceptors (Lipinski definition) is 7. The fourth-order valence-corrected chi connectivity index (χ4v) is 3.99. The fourth-order valence-electron chi connectivity index (χ4n) is 3.99. The van der Waals surface area contributed by atoms with Gasteiger partial charge in [-0.05, 0) is 31.2 Å². The number of fused-ring (bicyclic) bond motifs is 1. The highest BCUT2D eigenvalue weighted by molar-refractivity contribution is 6.52. The topological polar surface area (TPSA) is 117 Å². The molecule has 3 N–H and O–H groups in total. The second kappa shape index (κ2) is 6.01. The lowest BCUT2D eigenvalue weighted by Crippen LogP contribution is -2.52. The van der Waals surface area contributed by atoms with Crippen LogP contribution in [0.25, 0.3) is 0 Å². The minimum atomic E-state index is -1.59. The first-order chi connectivity index (χ1) is 11.5. The Kier molecular flexibility index (Phi) is 3.97. The van der Waals surface area contributed by atoms with E-state index in [9.17, 15) is 14.4 Å². The number of rotatable bonds is 5.